The molecular formula is C24H24N6O4S3. The van der Waals surface area contributed by atoms with Crippen LogP contribution in [0.25, 0.3) is 5.69 Å². The number of hydrogen-bond donors (Lipinski definition) is 1. The molecule has 4 aromatic rings. The molecule has 2 aromatic carbocycles. The summed E-state index contributed by atoms with van der Waals surface area (Å²) in [7, 11) is -3.78. The van der Waals surface area contributed by atoms with E-state index in [-0.39, 0.29) is 21.6 Å². The van der Waals surface area contributed by atoms with E-state index in [1.165, 1.54) is 4.68 Å². The van der Waals surface area contributed by atoms with Crippen LogP contribution in [0.4, 0.5) is 5.13 Å². The minimum atomic E-state index is -3.78. The van der Waals surface area contributed by atoms with Gasteiger partial charge >= 0.3 is 5.97 Å². The van der Waals surface area contributed by atoms with E-state index in [0.717, 1.165) is 28.2 Å². The molecular weight excluding hydrogens is 533 g/mol. The third-order valence-corrected chi connectivity index (χ3v) is 8.52. The number of aromatic nitrogens is 3. The Kier molecular flexibility index (Phi) is 7.95. The SMILES string of the molecule is CCOC(=O)c1nn(-c2ccccc2)/c(=N\N=C(/C)c2sc(NS(=O)(=O)c3ccc(C)cc3)nc2C)s1. The number of anilines is 1. The van der Waals surface area contributed by atoms with Gasteiger partial charge in [-0.05, 0) is 52.0 Å². The van der Waals surface area contributed by atoms with Crippen molar-refractivity contribution in [3.63, 3.8) is 0 Å². The average molecular weight is 557 g/mol. The Bertz CT molecular complexity index is 1620. The van der Waals surface area contributed by atoms with Gasteiger partial charge in [-0.15, -0.1) is 10.2 Å². The number of aryl methyl sites for hydroxylation is 2. The number of ether oxygens (including phenoxy) is 1. The molecule has 0 atom stereocenters. The second-order valence-electron chi connectivity index (χ2n) is 7.80. The molecule has 192 valence electrons. The number of esters is 1. The van der Waals surface area contributed by atoms with Crippen molar-refractivity contribution in [2.45, 2.75) is 32.6 Å². The lowest BCUT2D eigenvalue weighted by molar-refractivity contribution is 0.0524. The second-order valence-corrected chi connectivity index (χ2v) is 11.4. The van der Waals surface area contributed by atoms with Gasteiger partial charge < -0.3 is 4.74 Å². The van der Waals surface area contributed by atoms with E-state index in [2.05, 4.69) is 25.0 Å². The minimum absolute atomic E-state index is 0.152. The second kappa shape index (κ2) is 11.2. The van der Waals surface area contributed by atoms with Gasteiger partial charge in [-0.25, -0.2) is 22.9 Å². The Morgan fingerprint density at radius 3 is 2.46 bits per heavy atom. The van der Waals surface area contributed by atoms with Crippen LogP contribution in [0.3, 0.4) is 0 Å². The van der Waals surface area contributed by atoms with Crippen LogP contribution in [0.15, 0.2) is 69.7 Å². The zero-order valence-electron chi connectivity index (χ0n) is 20.5. The first kappa shape index (κ1) is 26.4. The number of para-hydroxylation sites is 1. The normalized spacial score (nSPS) is 12.5. The number of nitrogens with zero attached hydrogens (tertiary/aromatic N) is 5. The number of thiazole rings is 1. The molecule has 0 aliphatic rings. The Morgan fingerprint density at radius 2 is 1.78 bits per heavy atom. The van der Waals surface area contributed by atoms with Gasteiger partial charge in [-0.1, -0.05) is 58.6 Å². The number of benzene rings is 2. The first-order chi connectivity index (χ1) is 17.7. The van der Waals surface area contributed by atoms with Crippen LogP contribution in [0.2, 0.25) is 0 Å². The highest BCUT2D eigenvalue weighted by atomic mass is 32.2. The summed E-state index contributed by atoms with van der Waals surface area (Å²) in [5.74, 6) is -0.539. The average Bonchev–Trinajstić information content (AvgIpc) is 3.46. The highest BCUT2D eigenvalue weighted by molar-refractivity contribution is 7.93. The molecule has 0 bridgehead atoms. The summed E-state index contributed by atoms with van der Waals surface area (Å²) in [5.41, 5.74) is 2.81. The minimum Gasteiger partial charge on any atom is -0.461 e. The fourth-order valence-corrected chi connectivity index (χ4v) is 6.08. The van der Waals surface area contributed by atoms with Gasteiger partial charge in [0.2, 0.25) is 9.81 Å². The molecule has 0 amide bonds. The lowest BCUT2D eigenvalue weighted by atomic mass is 10.2. The van der Waals surface area contributed by atoms with Crippen LogP contribution >= 0.6 is 22.7 Å². The number of rotatable bonds is 8. The van der Waals surface area contributed by atoms with Crippen LogP contribution in [0.1, 0.15) is 39.8 Å². The third-order valence-electron chi connectivity index (χ3n) is 4.97. The first-order valence-corrected chi connectivity index (χ1v) is 14.3. The quantitative estimate of drug-likeness (QED) is 0.196. The summed E-state index contributed by atoms with van der Waals surface area (Å²) in [6, 6.07) is 15.8. The summed E-state index contributed by atoms with van der Waals surface area (Å²) in [4.78, 5) is 17.8. The molecule has 4 rings (SSSR count). The van der Waals surface area contributed by atoms with E-state index in [1.807, 2.05) is 37.3 Å². The molecule has 0 spiro atoms. The summed E-state index contributed by atoms with van der Waals surface area (Å²) >= 11 is 2.21. The number of sulfonamides is 1. The van der Waals surface area contributed by atoms with Gasteiger partial charge in [0.1, 0.15) is 0 Å². The van der Waals surface area contributed by atoms with E-state index < -0.39 is 16.0 Å². The molecule has 13 heteroatoms. The molecule has 0 aliphatic heterocycles. The molecule has 10 nitrogen and oxygen atoms in total. The van der Waals surface area contributed by atoms with Crippen molar-refractivity contribution in [2.24, 2.45) is 10.2 Å². The molecule has 2 heterocycles. The zero-order valence-corrected chi connectivity index (χ0v) is 22.9. The van der Waals surface area contributed by atoms with Crippen molar-refractivity contribution in [3.8, 4) is 5.69 Å². The van der Waals surface area contributed by atoms with Crippen LogP contribution in [0.5, 0.6) is 0 Å². The molecule has 1 N–H and O–H groups in total. The van der Waals surface area contributed by atoms with Crippen molar-refractivity contribution in [1.29, 1.82) is 0 Å². The maximum atomic E-state index is 12.8. The van der Waals surface area contributed by atoms with Crippen molar-refractivity contribution in [2.75, 3.05) is 11.3 Å². The van der Waals surface area contributed by atoms with E-state index in [1.54, 1.807) is 45.0 Å². The summed E-state index contributed by atoms with van der Waals surface area (Å²) in [6.45, 7) is 7.36. The fraction of sp³-hybridized carbons (Fsp3) is 0.208. The van der Waals surface area contributed by atoms with Crippen LogP contribution in [0, 0.1) is 13.8 Å². The van der Waals surface area contributed by atoms with Gasteiger partial charge in [0.15, 0.2) is 5.13 Å². The number of carbonyl (C=O) groups excluding carboxylic acids is 1. The zero-order chi connectivity index (χ0) is 26.6. The predicted octanol–water partition coefficient (Wildman–Crippen LogP) is 4.31. The standard InChI is InChI=1S/C24H24N6O4S3/c1-5-34-22(31)21-28-30(18-9-7-6-8-10-18)24(36-21)27-26-17(4)20-16(3)25-23(35-20)29-37(32,33)19-13-11-15(2)12-14-19/h6-14H,5H2,1-4H3,(H,25,29)/b26-17+,27-24+. The predicted molar refractivity (Wildman–Crippen MR) is 144 cm³/mol. The van der Waals surface area contributed by atoms with Crippen LogP contribution in [-0.2, 0) is 14.8 Å². The van der Waals surface area contributed by atoms with Gasteiger partial charge in [0.25, 0.3) is 10.0 Å². The molecule has 0 unspecified atom stereocenters. The molecule has 0 radical (unpaired) electrons. The van der Waals surface area contributed by atoms with Gasteiger partial charge in [-0.3, -0.25) is 4.72 Å². The number of hydrogen-bond acceptors (Lipinski definition) is 10. The largest absolute Gasteiger partial charge is 0.461 e. The molecule has 0 saturated carbocycles. The Hall–Kier alpha value is -3.68. The first-order valence-electron chi connectivity index (χ1n) is 11.2. The summed E-state index contributed by atoms with van der Waals surface area (Å²) < 4.78 is 34.6. The van der Waals surface area contributed by atoms with Crippen molar-refractivity contribution < 1.29 is 17.9 Å². The summed E-state index contributed by atoms with van der Waals surface area (Å²) in [6.07, 6.45) is 0. The fourth-order valence-electron chi connectivity index (χ4n) is 3.19. The number of nitrogens with one attached hydrogen (secondary N) is 1. The van der Waals surface area contributed by atoms with Crippen molar-refractivity contribution >= 4 is 49.5 Å². The van der Waals surface area contributed by atoms with Gasteiger partial charge in [0.05, 0.1) is 33.5 Å². The lowest BCUT2D eigenvalue weighted by Crippen LogP contribution is -2.14. The van der Waals surface area contributed by atoms with E-state index >= 15 is 0 Å². The maximum absolute atomic E-state index is 12.8. The Labute approximate surface area is 222 Å². The van der Waals surface area contributed by atoms with Crippen molar-refractivity contribution in [3.05, 3.63) is 80.5 Å². The highest BCUT2D eigenvalue weighted by Crippen LogP contribution is 2.26. The van der Waals surface area contributed by atoms with Crippen LogP contribution < -0.4 is 9.52 Å². The van der Waals surface area contributed by atoms with Crippen LogP contribution in [-0.4, -0.2) is 41.5 Å². The summed E-state index contributed by atoms with van der Waals surface area (Å²) in [5, 5.41) is 13.4. The third kappa shape index (κ3) is 6.18. The Balaban J connectivity index is 1.66. The van der Waals surface area contributed by atoms with E-state index in [4.69, 9.17) is 4.74 Å². The molecule has 2 aromatic heterocycles. The highest BCUT2D eigenvalue weighted by Gasteiger charge is 2.19. The molecule has 37 heavy (non-hydrogen) atoms. The lowest BCUT2D eigenvalue weighted by Gasteiger charge is -2.05. The molecule has 0 aliphatic carbocycles. The molecule has 0 saturated heterocycles. The van der Waals surface area contributed by atoms with E-state index in [9.17, 15) is 13.2 Å². The molecule has 0 fully saturated rings. The number of carbonyl (C=O) groups is 1. The maximum Gasteiger partial charge on any atom is 0.369 e. The van der Waals surface area contributed by atoms with Crippen molar-refractivity contribution in [1.82, 2.24) is 14.8 Å². The monoisotopic (exact) mass is 556 g/mol. The van der Waals surface area contributed by atoms with Gasteiger partial charge in [-0.2, -0.15) is 5.10 Å². The van der Waals surface area contributed by atoms with E-state index in [0.29, 0.717) is 26.8 Å². The smallest absolute Gasteiger partial charge is 0.369 e. The topological polar surface area (TPSA) is 128 Å². The Morgan fingerprint density at radius 1 is 1.08 bits per heavy atom. The van der Waals surface area contributed by atoms with Gasteiger partial charge in [0, 0.05) is 0 Å².